The number of benzene rings is 3. The van der Waals surface area contributed by atoms with Crippen molar-refractivity contribution in [2.24, 2.45) is 0 Å². The smallest absolute Gasteiger partial charge is 0.446 e. The lowest BCUT2D eigenvalue weighted by Crippen LogP contribution is -2.62. The number of halogens is 5. The molecule has 0 N–H and O–H groups in total. The van der Waals surface area contributed by atoms with Crippen LogP contribution in [-0.2, 0) is 15.6 Å². The van der Waals surface area contributed by atoms with Gasteiger partial charge < -0.3 is 18.8 Å². The zero-order valence-electron chi connectivity index (χ0n) is 25.0. The lowest BCUT2D eigenvalue weighted by Gasteiger charge is -2.42. The van der Waals surface area contributed by atoms with Gasteiger partial charge in [-0.3, -0.25) is 0 Å². The molecule has 0 fully saturated rings. The van der Waals surface area contributed by atoms with E-state index in [-0.39, 0.29) is 5.92 Å². The van der Waals surface area contributed by atoms with Crippen LogP contribution < -0.4 is 4.74 Å². The number of likely N-dealkylation sites (N-methyl/N-ethyl adjacent to an activating group) is 1. The number of ether oxygens (including phenoxy) is 2. The summed E-state index contributed by atoms with van der Waals surface area (Å²) in [6, 6.07) is 23.0. The molecule has 10 heteroatoms. The van der Waals surface area contributed by atoms with E-state index < -0.39 is 26.4 Å². The molecule has 0 aliphatic carbocycles. The Morgan fingerprint density at radius 3 is 1.76 bits per heavy atom. The topological polar surface area (TPSA) is 30.9 Å². The van der Waals surface area contributed by atoms with E-state index in [1.807, 2.05) is 36.4 Å². The van der Waals surface area contributed by atoms with Gasteiger partial charge in [0.25, 0.3) is 5.79 Å². The third-order valence-corrected chi connectivity index (χ3v) is 8.39. The molecule has 4 nitrogen and oxygen atoms in total. The van der Waals surface area contributed by atoms with Gasteiger partial charge in [-0.25, -0.2) is 0 Å². The van der Waals surface area contributed by atoms with Crippen molar-refractivity contribution in [2.75, 3.05) is 27.2 Å². The lowest BCUT2D eigenvalue weighted by atomic mass is 9.91. The van der Waals surface area contributed by atoms with Gasteiger partial charge in [-0.1, -0.05) is 59.6 Å². The monoisotopic (exact) mass is 641 g/mol. The zero-order valence-corrected chi connectivity index (χ0v) is 27.5. The minimum Gasteiger partial charge on any atom is -0.485 e. The third kappa shape index (κ3) is 9.46. The Balaban J connectivity index is 1.60. The molecule has 0 heterocycles. The van der Waals surface area contributed by atoms with Crippen molar-refractivity contribution < 1.29 is 27.1 Å². The first-order valence-electron chi connectivity index (χ1n) is 13.9. The van der Waals surface area contributed by atoms with Crippen LogP contribution in [0.1, 0.15) is 36.0 Å². The van der Waals surface area contributed by atoms with Crippen LogP contribution in [0.4, 0.5) is 13.2 Å². The van der Waals surface area contributed by atoms with Crippen molar-refractivity contribution in [1.29, 1.82) is 0 Å². The van der Waals surface area contributed by atoms with Gasteiger partial charge in [-0.05, 0) is 106 Å². The number of methoxy groups -OCH3 is 1. The maximum absolute atomic E-state index is 14.1. The van der Waals surface area contributed by atoms with E-state index in [0.29, 0.717) is 15.8 Å². The molecular formula is C32H40Cl2F3NO3Si. The summed E-state index contributed by atoms with van der Waals surface area (Å²) in [5.74, 6) is -2.37. The molecule has 0 bridgehead atoms. The van der Waals surface area contributed by atoms with E-state index in [0.717, 1.165) is 38.6 Å². The van der Waals surface area contributed by atoms with Gasteiger partial charge in [-0.15, -0.1) is 0 Å². The Morgan fingerprint density at radius 2 is 1.33 bits per heavy atom. The molecular weight excluding hydrogens is 602 g/mol. The molecule has 0 aliphatic rings. The standard InChI is InChI=1S/C32H40Cl2F3NO3Si/c1-23(31(39-3,32(35,36)37)41-42(4,5)6)40-29-19-9-24(10-20-29)8-7-21-38(2)22-30(25-11-15-27(33)16-12-25)26-13-17-28(34)18-14-26/h9-20,23,30H,7-8,21-22H2,1-6H3. The predicted molar refractivity (Wildman–Crippen MR) is 167 cm³/mol. The second kappa shape index (κ2) is 14.6. The Bertz CT molecular complexity index is 1210. The van der Waals surface area contributed by atoms with Crippen molar-refractivity contribution in [3.63, 3.8) is 0 Å². The van der Waals surface area contributed by atoms with E-state index in [9.17, 15) is 13.2 Å². The van der Waals surface area contributed by atoms with E-state index in [1.54, 1.807) is 31.8 Å². The fourth-order valence-corrected chi connectivity index (χ4v) is 6.44. The van der Waals surface area contributed by atoms with Crippen LogP contribution in [0.5, 0.6) is 5.75 Å². The normalized spacial score (nSPS) is 14.7. The van der Waals surface area contributed by atoms with Gasteiger partial charge in [0.15, 0.2) is 14.4 Å². The van der Waals surface area contributed by atoms with Crippen LogP contribution in [0.3, 0.4) is 0 Å². The highest BCUT2D eigenvalue weighted by Crippen LogP contribution is 2.41. The maximum Gasteiger partial charge on any atom is 0.446 e. The number of nitrogens with zero attached hydrogens (tertiary/aromatic N) is 1. The largest absolute Gasteiger partial charge is 0.485 e. The molecule has 3 rings (SSSR count). The maximum atomic E-state index is 14.1. The van der Waals surface area contributed by atoms with Crippen molar-refractivity contribution in [3.05, 3.63) is 99.5 Å². The summed E-state index contributed by atoms with van der Waals surface area (Å²) in [6.45, 7) is 8.04. The highest BCUT2D eigenvalue weighted by Gasteiger charge is 2.63. The highest BCUT2D eigenvalue weighted by atomic mass is 35.5. The molecule has 0 radical (unpaired) electrons. The summed E-state index contributed by atoms with van der Waals surface area (Å²) < 4.78 is 58.5. The first-order valence-corrected chi connectivity index (χ1v) is 18.1. The molecule has 42 heavy (non-hydrogen) atoms. The van der Waals surface area contributed by atoms with Crippen LogP contribution >= 0.6 is 23.2 Å². The van der Waals surface area contributed by atoms with Crippen LogP contribution in [0.25, 0.3) is 0 Å². The number of hydrogen-bond donors (Lipinski definition) is 0. The molecule has 0 amide bonds. The summed E-state index contributed by atoms with van der Waals surface area (Å²) in [7, 11) is 0.470. The Morgan fingerprint density at radius 1 is 0.833 bits per heavy atom. The molecule has 3 aromatic rings. The van der Waals surface area contributed by atoms with E-state index in [2.05, 4.69) is 36.2 Å². The summed E-state index contributed by atoms with van der Waals surface area (Å²) in [5.41, 5.74) is 3.43. The van der Waals surface area contributed by atoms with Crippen molar-refractivity contribution >= 4 is 31.5 Å². The predicted octanol–water partition coefficient (Wildman–Crippen LogP) is 9.21. The molecule has 0 aliphatic heterocycles. The van der Waals surface area contributed by atoms with Gasteiger partial charge in [0.2, 0.25) is 0 Å². The Kier molecular flexibility index (Phi) is 12.0. The average molecular weight is 643 g/mol. The van der Waals surface area contributed by atoms with Gasteiger partial charge >= 0.3 is 6.18 Å². The van der Waals surface area contributed by atoms with E-state index in [4.69, 9.17) is 37.1 Å². The third-order valence-electron chi connectivity index (χ3n) is 6.97. The van der Waals surface area contributed by atoms with Crippen molar-refractivity contribution in [3.8, 4) is 5.75 Å². The second-order valence-electron chi connectivity index (χ2n) is 11.5. The molecule has 230 valence electrons. The zero-order chi connectivity index (χ0) is 31.1. The second-order valence-corrected chi connectivity index (χ2v) is 16.8. The van der Waals surface area contributed by atoms with Gasteiger partial charge in [-0.2, -0.15) is 13.2 Å². The molecule has 0 aromatic heterocycles. The Hall–Kier alpha value is -2.07. The van der Waals surface area contributed by atoms with Gasteiger partial charge in [0.1, 0.15) is 5.75 Å². The average Bonchev–Trinajstić information content (AvgIpc) is 2.91. The molecule has 0 saturated carbocycles. The van der Waals surface area contributed by atoms with Crippen molar-refractivity contribution in [2.45, 2.75) is 63.4 Å². The molecule has 2 unspecified atom stereocenters. The first-order chi connectivity index (χ1) is 19.6. The molecule has 3 aromatic carbocycles. The number of hydrogen-bond acceptors (Lipinski definition) is 4. The molecule has 2 atom stereocenters. The lowest BCUT2D eigenvalue weighted by molar-refractivity contribution is -0.371. The van der Waals surface area contributed by atoms with Crippen LogP contribution in [0.15, 0.2) is 72.8 Å². The number of alkyl halides is 3. The number of aryl methyl sites for hydroxylation is 1. The highest BCUT2D eigenvalue weighted by molar-refractivity contribution is 6.69. The Labute approximate surface area is 258 Å². The number of rotatable bonds is 14. The quantitative estimate of drug-likeness (QED) is 0.130. The van der Waals surface area contributed by atoms with Crippen molar-refractivity contribution in [1.82, 2.24) is 4.90 Å². The fourth-order valence-electron chi connectivity index (χ4n) is 4.92. The first kappa shape index (κ1) is 34.4. The summed E-state index contributed by atoms with van der Waals surface area (Å²) in [4.78, 5) is 2.30. The molecule has 0 saturated heterocycles. The van der Waals surface area contributed by atoms with E-state index in [1.165, 1.54) is 18.1 Å². The summed E-state index contributed by atoms with van der Waals surface area (Å²) in [6.07, 6.45) is -4.46. The summed E-state index contributed by atoms with van der Waals surface area (Å²) in [5, 5.41) is 1.40. The van der Waals surface area contributed by atoms with E-state index >= 15 is 0 Å². The SMILES string of the molecule is COC(O[Si](C)(C)C)(C(C)Oc1ccc(CCCN(C)CC(c2ccc(Cl)cc2)c2ccc(Cl)cc2)cc1)C(F)(F)F. The van der Waals surface area contributed by atoms with Crippen LogP contribution in [0.2, 0.25) is 29.7 Å². The van der Waals surface area contributed by atoms with Crippen LogP contribution in [-0.4, -0.2) is 58.5 Å². The minimum absolute atomic E-state index is 0.156. The minimum atomic E-state index is -4.77. The van der Waals surface area contributed by atoms with Gasteiger partial charge in [0, 0.05) is 29.6 Å². The summed E-state index contributed by atoms with van der Waals surface area (Å²) >= 11 is 12.3. The fraction of sp³-hybridized carbons (Fsp3) is 0.438. The van der Waals surface area contributed by atoms with Gasteiger partial charge in [0.05, 0.1) is 0 Å². The molecule has 0 spiro atoms. The van der Waals surface area contributed by atoms with Crippen LogP contribution in [0, 0.1) is 0 Å².